The molecule has 2 N–H and O–H groups in total. The van der Waals surface area contributed by atoms with Crippen LogP contribution in [-0.4, -0.2) is 87.5 Å². The van der Waals surface area contributed by atoms with Crippen molar-refractivity contribution in [3.05, 3.63) is 34.9 Å². The summed E-state index contributed by atoms with van der Waals surface area (Å²) in [5.74, 6) is -0.0749. The standard InChI is InChI=1S/C19H27N7O3/c1-24-11-14(10-21-24)2-4-20-19(28)18-15-3-5-26(12-16(15)22-23-18)17(27)13-25-6-8-29-9-7-25/h10-11H,2-9,12-13H2,1H3,(H,20,28)(H,22,23). The predicted octanol–water partition coefficient (Wildman–Crippen LogP) is -0.667. The van der Waals surface area contributed by atoms with Crippen molar-refractivity contribution in [1.82, 2.24) is 35.1 Å². The van der Waals surface area contributed by atoms with Gasteiger partial charge in [-0.1, -0.05) is 0 Å². The van der Waals surface area contributed by atoms with Gasteiger partial charge < -0.3 is 15.0 Å². The van der Waals surface area contributed by atoms with E-state index in [1.807, 2.05) is 18.1 Å². The first kappa shape index (κ1) is 19.6. The van der Waals surface area contributed by atoms with E-state index in [2.05, 4.69) is 25.5 Å². The summed E-state index contributed by atoms with van der Waals surface area (Å²) < 4.78 is 7.07. The van der Waals surface area contributed by atoms with Crippen LogP contribution in [0.5, 0.6) is 0 Å². The Kier molecular flexibility index (Phi) is 5.91. The first-order valence-electron chi connectivity index (χ1n) is 10.00. The van der Waals surface area contributed by atoms with Crippen LogP contribution in [0.1, 0.15) is 27.3 Å². The van der Waals surface area contributed by atoms with Crippen molar-refractivity contribution in [2.45, 2.75) is 19.4 Å². The molecule has 2 aliphatic heterocycles. The molecular weight excluding hydrogens is 374 g/mol. The minimum Gasteiger partial charge on any atom is -0.379 e. The Hall–Kier alpha value is -2.72. The van der Waals surface area contributed by atoms with Crippen LogP contribution in [0.3, 0.4) is 0 Å². The average molecular weight is 401 g/mol. The third-order valence-electron chi connectivity index (χ3n) is 5.42. The molecule has 1 fully saturated rings. The Morgan fingerprint density at radius 3 is 2.86 bits per heavy atom. The van der Waals surface area contributed by atoms with Crippen molar-refractivity contribution in [3.63, 3.8) is 0 Å². The molecule has 2 aromatic heterocycles. The molecule has 10 nitrogen and oxygen atoms in total. The third kappa shape index (κ3) is 4.65. The number of carbonyl (C=O) groups is 2. The van der Waals surface area contributed by atoms with Crippen LogP contribution < -0.4 is 5.32 Å². The monoisotopic (exact) mass is 401 g/mol. The second kappa shape index (κ2) is 8.75. The fourth-order valence-electron chi connectivity index (χ4n) is 3.77. The molecule has 0 spiro atoms. The van der Waals surface area contributed by atoms with Crippen LogP contribution in [0.25, 0.3) is 0 Å². The second-order valence-electron chi connectivity index (χ2n) is 7.51. The van der Waals surface area contributed by atoms with E-state index >= 15 is 0 Å². The van der Waals surface area contributed by atoms with Crippen LogP contribution in [0, 0.1) is 0 Å². The largest absolute Gasteiger partial charge is 0.379 e. The quantitative estimate of drug-likeness (QED) is 0.665. The van der Waals surface area contributed by atoms with Gasteiger partial charge in [-0.2, -0.15) is 10.2 Å². The lowest BCUT2D eigenvalue weighted by Crippen LogP contribution is -2.46. The van der Waals surface area contributed by atoms with Gasteiger partial charge in [-0.05, 0) is 18.4 Å². The number of fused-ring (bicyclic) bond motifs is 1. The normalized spacial score (nSPS) is 17.2. The van der Waals surface area contributed by atoms with Gasteiger partial charge in [0.25, 0.3) is 5.91 Å². The maximum absolute atomic E-state index is 12.6. The molecule has 2 aromatic rings. The number of nitrogens with zero attached hydrogens (tertiary/aromatic N) is 5. The van der Waals surface area contributed by atoms with Gasteiger partial charge in [0.05, 0.1) is 38.2 Å². The number of nitrogens with one attached hydrogen (secondary N) is 2. The molecule has 2 aliphatic rings. The Morgan fingerprint density at radius 1 is 1.28 bits per heavy atom. The van der Waals surface area contributed by atoms with E-state index in [0.29, 0.717) is 51.5 Å². The predicted molar refractivity (Wildman–Crippen MR) is 104 cm³/mol. The molecule has 0 aromatic carbocycles. The first-order chi connectivity index (χ1) is 14.1. The van der Waals surface area contributed by atoms with Gasteiger partial charge in [-0.3, -0.25) is 24.3 Å². The minimum atomic E-state index is -0.181. The maximum Gasteiger partial charge on any atom is 0.272 e. The van der Waals surface area contributed by atoms with E-state index in [9.17, 15) is 9.59 Å². The Bertz CT molecular complexity index is 869. The van der Waals surface area contributed by atoms with Crippen molar-refractivity contribution in [2.75, 3.05) is 45.9 Å². The highest BCUT2D eigenvalue weighted by Crippen LogP contribution is 2.20. The van der Waals surface area contributed by atoms with Crippen LogP contribution in [0.4, 0.5) is 0 Å². The molecule has 0 unspecified atom stereocenters. The van der Waals surface area contributed by atoms with E-state index in [0.717, 1.165) is 36.3 Å². The van der Waals surface area contributed by atoms with Gasteiger partial charge >= 0.3 is 0 Å². The summed E-state index contributed by atoms with van der Waals surface area (Å²) in [7, 11) is 1.87. The summed E-state index contributed by atoms with van der Waals surface area (Å²) in [5.41, 5.74) is 3.28. The number of rotatable bonds is 6. The van der Waals surface area contributed by atoms with Gasteiger partial charge in [-0.25, -0.2) is 0 Å². The fourth-order valence-corrected chi connectivity index (χ4v) is 3.77. The van der Waals surface area contributed by atoms with Crippen molar-refractivity contribution in [2.24, 2.45) is 7.05 Å². The number of carbonyl (C=O) groups excluding carboxylic acids is 2. The lowest BCUT2D eigenvalue weighted by Gasteiger charge is -2.31. The zero-order valence-electron chi connectivity index (χ0n) is 16.7. The van der Waals surface area contributed by atoms with Crippen molar-refractivity contribution in [3.8, 4) is 0 Å². The lowest BCUT2D eigenvalue weighted by molar-refractivity contribution is -0.134. The molecule has 0 saturated carbocycles. The Balaban J connectivity index is 1.30. The number of aromatic amines is 1. The summed E-state index contributed by atoms with van der Waals surface area (Å²) in [4.78, 5) is 29.1. The zero-order chi connectivity index (χ0) is 20.2. The number of H-pyrrole nitrogens is 1. The lowest BCUT2D eigenvalue weighted by atomic mass is 10.0. The molecule has 2 amide bonds. The molecule has 0 radical (unpaired) electrons. The van der Waals surface area contributed by atoms with Gasteiger partial charge in [0, 0.05) is 45.0 Å². The Morgan fingerprint density at radius 2 is 2.10 bits per heavy atom. The second-order valence-corrected chi connectivity index (χ2v) is 7.51. The molecule has 10 heteroatoms. The summed E-state index contributed by atoms with van der Waals surface area (Å²) in [6.07, 6.45) is 5.08. The number of aryl methyl sites for hydroxylation is 1. The van der Waals surface area contributed by atoms with Crippen molar-refractivity contribution >= 4 is 11.8 Å². The van der Waals surface area contributed by atoms with Gasteiger partial charge in [0.2, 0.25) is 5.91 Å². The summed E-state index contributed by atoms with van der Waals surface area (Å²) >= 11 is 0. The molecule has 0 aliphatic carbocycles. The van der Waals surface area contributed by atoms with E-state index in [4.69, 9.17) is 4.74 Å². The molecule has 29 heavy (non-hydrogen) atoms. The number of aromatic nitrogens is 4. The number of ether oxygens (including phenoxy) is 1. The molecule has 0 bridgehead atoms. The smallest absolute Gasteiger partial charge is 0.272 e. The van der Waals surface area contributed by atoms with Gasteiger partial charge in [-0.15, -0.1) is 0 Å². The number of hydrogen-bond acceptors (Lipinski definition) is 6. The maximum atomic E-state index is 12.6. The summed E-state index contributed by atoms with van der Waals surface area (Å²) in [6, 6.07) is 0. The third-order valence-corrected chi connectivity index (χ3v) is 5.42. The molecule has 4 heterocycles. The van der Waals surface area contributed by atoms with Crippen LogP contribution in [0.15, 0.2) is 12.4 Å². The van der Waals surface area contributed by atoms with E-state index < -0.39 is 0 Å². The fraction of sp³-hybridized carbons (Fsp3) is 0.579. The van der Waals surface area contributed by atoms with E-state index in [1.54, 1.807) is 10.9 Å². The SMILES string of the molecule is Cn1cc(CCNC(=O)c2n[nH]c3c2CCN(C(=O)CN2CCOCC2)C3)cn1. The number of hydrogen-bond donors (Lipinski definition) is 2. The summed E-state index contributed by atoms with van der Waals surface area (Å²) in [5, 5.41) is 14.2. The number of amides is 2. The average Bonchev–Trinajstić information content (AvgIpc) is 3.34. The van der Waals surface area contributed by atoms with Gasteiger partial charge in [0.15, 0.2) is 5.69 Å². The minimum absolute atomic E-state index is 0.106. The van der Waals surface area contributed by atoms with Crippen LogP contribution >= 0.6 is 0 Å². The van der Waals surface area contributed by atoms with E-state index in [1.165, 1.54) is 0 Å². The summed E-state index contributed by atoms with van der Waals surface area (Å²) in [6.45, 7) is 4.94. The number of morpholine rings is 1. The molecular formula is C19H27N7O3. The molecule has 156 valence electrons. The zero-order valence-corrected chi connectivity index (χ0v) is 16.7. The molecule has 1 saturated heterocycles. The molecule has 0 atom stereocenters. The van der Waals surface area contributed by atoms with Crippen LogP contribution in [0.2, 0.25) is 0 Å². The van der Waals surface area contributed by atoms with Crippen molar-refractivity contribution < 1.29 is 14.3 Å². The van der Waals surface area contributed by atoms with Gasteiger partial charge in [0.1, 0.15) is 0 Å². The van der Waals surface area contributed by atoms with Crippen LogP contribution in [-0.2, 0) is 36.0 Å². The highest BCUT2D eigenvalue weighted by Gasteiger charge is 2.28. The highest BCUT2D eigenvalue weighted by atomic mass is 16.5. The van der Waals surface area contributed by atoms with Crippen molar-refractivity contribution in [1.29, 1.82) is 0 Å². The molecule has 4 rings (SSSR count). The first-order valence-corrected chi connectivity index (χ1v) is 10.00. The Labute approximate surface area is 169 Å². The van der Waals surface area contributed by atoms with E-state index in [-0.39, 0.29) is 11.8 Å². The topological polar surface area (TPSA) is 108 Å². The highest BCUT2D eigenvalue weighted by molar-refractivity contribution is 5.94.